The third-order valence-corrected chi connectivity index (χ3v) is 3.66. The predicted molar refractivity (Wildman–Crippen MR) is 73.9 cm³/mol. The predicted octanol–water partition coefficient (Wildman–Crippen LogP) is 1.75. The van der Waals surface area contributed by atoms with Gasteiger partial charge in [0.25, 0.3) is 0 Å². The molecule has 108 valence electrons. The van der Waals surface area contributed by atoms with Gasteiger partial charge in [-0.1, -0.05) is 6.07 Å². The lowest BCUT2D eigenvalue weighted by molar-refractivity contribution is 0.132. The molecule has 1 atom stereocenters. The molecule has 0 aromatic heterocycles. The van der Waals surface area contributed by atoms with Gasteiger partial charge >= 0.3 is 0 Å². The number of aryl methyl sites for hydroxylation is 2. The standard InChI is InChI=1S/C13H21NO4S/c1-9-7-10(2)13(12(8-9)19(14,15)16)18-11(3)5-6-17-4/h7-8,11H,5-6H2,1-4H3,(H2,14,15,16). The minimum absolute atomic E-state index is 0.0364. The van der Waals surface area contributed by atoms with E-state index in [0.717, 1.165) is 11.1 Å². The van der Waals surface area contributed by atoms with Gasteiger partial charge in [-0.25, -0.2) is 13.6 Å². The van der Waals surface area contributed by atoms with Crippen molar-refractivity contribution in [2.24, 2.45) is 5.14 Å². The van der Waals surface area contributed by atoms with Crippen molar-refractivity contribution in [1.29, 1.82) is 0 Å². The molecule has 0 aliphatic carbocycles. The van der Waals surface area contributed by atoms with Crippen molar-refractivity contribution < 1.29 is 17.9 Å². The van der Waals surface area contributed by atoms with Crippen LogP contribution in [0.15, 0.2) is 17.0 Å². The Bertz CT molecular complexity index is 540. The van der Waals surface area contributed by atoms with Gasteiger partial charge in [0, 0.05) is 20.1 Å². The fourth-order valence-corrected chi connectivity index (χ4v) is 2.64. The number of benzene rings is 1. The molecule has 0 saturated carbocycles. The van der Waals surface area contributed by atoms with Crippen molar-refractivity contribution in [3.8, 4) is 5.75 Å². The lowest BCUT2D eigenvalue weighted by atomic mass is 10.1. The zero-order valence-electron chi connectivity index (χ0n) is 11.8. The van der Waals surface area contributed by atoms with Crippen molar-refractivity contribution >= 4 is 10.0 Å². The average Bonchev–Trinajstić information content (AvgIpc) is 2.28. The molecule has 5 nitrogen and oxygen atoms in total. The van der Waals surface area contributed by atoms with Crippen LogP contribution in [0.1, 0.15) is 24.5 Å². The molecule has 1 unspecified atom stereocenters. The van der Waals surface area contributed by atoms with Crippen LogP contribution in [0.3, 0.4) is 0 Å². The quantitative estimate of drug-likeness (QED) is 0.864. The van der Waals surface area contributed by atoms with E-state index in [0.29, 0.717) is 18.8 Å². The summed E-state index contributed by atoms with van der Waals surface area (Å²) in [5, 5.41) is 5.24. The van der Waals surface area contributed by atoms with Crippen LogP contribution < -0.4 is 9.88 Å². The van der Waals surface area contributed by atoms with Gasteiger partial charge in [-0.2, -0.15) is 0 Å². The zero-order chi connectivity index (χ0) is 14.6. The second-order valence-corrected chi connectivity index (χ2v) is 6.19. The molecular formula is C13H21NO4S. The summed E-state index contributed by atoms with van der Waals surface area (Å²) in [6.07, 6.45) is 0.523. The van der Waals surface area contributed by atoms with Gasteiger partial charge in [-0.3, -0.25) is 0 Å². The Hall–Kier alpha value is -1.11. The Morgan fingerprint density at radius 1 is 1.32 bits per heavy atom. The molecule has 0 bridgehead atoms. The second-order valence-electron chi connectivity index (χ2n) is 4.66. The number of sulfonamides is 1. The van der Waals surface area contributed by atoms with Crippen LogP contribution in [0.4, 0.5) is 0 Å². The van der Waals surface area contributed by atoms with Crippen LogP contribution in [0.25, 0.3) is 0 Å². The number of methoxy groups -OCH3 is 1. The molecule has 1 aromatic rings. The minimum Gasteiger partial charge on any atom is -0.489 e. The summed E-state index contributed by atoms with van der Waals surface area (Å²) in [5.74, 6) is 0.330. The topological polar surface area (TPSA) is 78.6 Å². The summed E-state index contributed by atoms with van der Waals surface area (Å²) < 4.78 is 33.9. The van der Waals surface area contributed by atoms with E-state index >= 15 is 0 Å². The van der Waals surface area contributed by atoms with Gasteiger partial charge in [-0.05, 0) is 38.0 Å². The number of ether oxygens (including phenoxy) is 2. The van der Waals surface area contributed by atoms with E-state index in [-0.39, 0.29) is 11.0 Å². The summed E-state index contributed by atoms with van der Waals surface area (Å²) >= 11 is 0. The molecule has 6 heteroatoms. The molecule has 0 radical (unpaired) electrons. The first-order valence-electron chi connectivity index (χ1n) is 6.05. The molecular weight excluding hydrogens is 266 g/mol. The van der Waals surface area contributed by atoms with E-state index in [1.807, 2.05) is 19.9 Å². The summed E-state index contributed by atoms with van der Waals surface area (Å²) in [6, 6.07) is 3.40. The fraction of sp³-hybridized carbons (Fsp3) is 0.538. The second kappa shape index (κ2) is 6.36. The Morgan fingerprint density at radius 3 is 2.47 bits per heavy atom. The zero-order valence-corrected chi connectivity index (χ0v) is 12.6. The van der Waals surface area contributed by atoms with E-state index in [1.165, 1.54) is 6.07 Å². The maximum atomic E-state index is 11.6. The lowest BCUT2D eigenvalue weighted by Gasteiger charge is -2.19. The summed E-state index contributed by atoms with van der Waals surface area (Å²) in [4.78, 5) is 0.0364. The molecule has 0 aliphatic rings. The van der Waals surface area contributed by atoms with Crippen molar-refractivity contribution in [1.82, 2.24) is 0 Å². The van der Waals surface area contributed by atoms with Gasteiger partial charge in [0.15, 0.2) is 0 Å². The maximum absolute atomic E-state index is 11.6. The van der Waals surface area contributed by atoms with E-state index in [4.69, 9.17) is 14.6 Å². The van der Waals surface area contributed by atoms with Crippen molar-refractivity contribution in [3.05, 3.63) is 23.3 Å². The number of rotatable bonds is 6. The number of hydrogen-bond donors (Lipinski definition) is 1. The summed E-state index contributed by atoms with van der Waals surface area (Å²) in [6.45, 7) is 6.04. The molecule has 0 fully saturated rings. The number of hydrogen-bond acceptors (Lipinski definition) is 4. The Balaban J connectivity index is 3.12. The highest BCUT2D eigenvalue weighted by molar-refractivity contribution is 7.89. The van der Waals surface area contributed by atoms with Crippen LogP contribution >= 0.6 is 0 Å². The smallest absolute Gasteiger partial charge is 0.241 e. The highest BCUT2D eigenvalue weighted by Crippen LogP contribution is 2.29. The van der Waals surface area contributed by atoms with E-state index in [9.17, 15) is 8.42 Å². The van der Waals surface area contributed by atoms with Gasteiger partial charge in [0.1, 0.15) is 10.6 Å². The molecule has 2 N–H and O–H groups in total. The van der Waals surface area contributed by atoms with E-state index < -0.39 is 10.0 Å². The number of nitrogens with two attached hydrogens (primary N) is 1. The molecule has 1 aromatic carbocycles. The first-order chi connectivity index (χ1) is 8.75. The maximum Gasteiger partial charge on any atom is 0.241 e. The van der Waals surface area contributed by atoms with Crippen molar-refractivity contribution in [2.75, 3.05) is 13.7 Å². The van der Waals surface area contributed by atoms with Gasteiger partial charge in [0.2, 0.25) is 10.0 Å². The van der Waals surface area contributed by atoms with Crippen LogP contribution in [0.2, 0.25) is 0 Å². The SMILES string of the molecule is COCCC(C)Oc1c(C)cc(C)cc1S(N)(=O)=O. The fourth-order valence-electron chi connectivity index (χ4n) is 1.82. The van der Waals surface area contributed by atoms with Gasteiger partial charge in [0.05, 0.1) is 6.10 Å². The molecule has 0 saturated heterocycles. The molecule has 1 rings (SSSR count). The van der Waals surface area contributed by atoms with E-state index in [1.54, 1.807) is 14.0 Å². The van der Waals surface area contributed by atoms with E-state index in [2.05, 4.69) is 0 Å². The monoisotopic (exact) mass is 287 g/mol. The van der Waals surface area contributed by atoms with Crippen LogP contribution in [0, 0.1) is 13.8 Å². The van der Waals surface area contributed by atoms with Gasteiger partial charge in [-0.15, -0.1) is 0 Å². The lowest BCUT2D eigenvalue weighted by Crippen LogP contribution is -2.19. The normalized spacial score (nSPS) is 13.3. The molecule has 0 aliphatic heterocycles. The highest BCUT2D eigenvalue weighted by Gasteiger charge is 2.19. The van der Waals surface area contributed by atoms with Crippen molar-refractivity contribution in [3.63, 3.8) is 0 Å². The Kier molecular flexibility index (Phi) is 5.34. The van der Waals surface area contributed by atoms with Crippen LogP contribution in [0.5, 0.6) is 5.75 Å². The Labute approximate surface area is 114 Å². The Morgan fingerprint density at radius 2 is 1.95 bits per heavy atom. The summed E-state index contributed by atoms with van der Waals surface area (Å²) in [7, 11) is -2.19. The van der Waals surface area contributed by atoms with Gasteiger partial charge < -0.3 is 9.47 Å². The summed E-state index contributed by atoms with van der Waals surface area (Å²) in [5.41, 5.74) is 1.59. The van der Waals surface area contributed by atoms with Crippen LogP contribution in [-0.4, -0.2) is 28.2 Å². The first kappa shape index (κ1) is 15.9. The molecule has 0 heterocycles. The third kappa shape index (κ3) is 4.49. The average molecular weight is 287 g/mol. The minimum atomic E-state index is -3.80. The largest absolute Gasteiger partial charge is 0.489 e. The number of primary sulfonamides is 1. The van der Waals surface area contributed by atoms with Crippen LogP contribution in [-0.2, 0) is 14.8 Å². The molecule has 19 heavy (non-hydrogen) atoms. The highest BCUT2D eigenvalue weighted by atomic mass is 32.2. The molecule has 0 spiro atoms. The third-order valence-electron chi connectivity index (χ3n) is 2.74. The first-order valence-corrected chi connectivity index (χ1v) is 7.60. The van der Waals surface area contributed by atoms with Crippen molar-refractivity contribution in [2.45, 2.75) is 38.2 Å². The molecule has 0 amide bonds.